The zero-order chi connectivity index (χ0) is 30.9. The number of halogens is 11. The third-order valence-corrected chi connectivity index (χ3v) is 11.8. The van der Waals surface area contributed by atoms with E-state index in [1.807, 2.05) is 0 Å². The molecule has 0 atom stereocenters. The largest absolute Gasteiger partial charge is 0.508 e. The Bertz CT molecular complexity index is 1460. The molecule has 4 rings (SSSR count). The van der Waals surface area contributed by atoms with Crippen molar-refractivity contribution in [3.63, 3.8) is 0 Å². The number of aromatic hydroxyl groups is 1. The van der Waals surface area contributed by atoms with Crippen molar-refractivity contribution < 1.29 is 65.4 Å². The smallest absolute Gasteiger partial charge is 0.384 e. The summed E-state index contributed by atoms with van der Waals surface area (Å²) in [5.41, 5.74) is 0. The van der Waals surface area contributed by atoms with Crippen molar-refractivity contribution in [2.75, 3.05) is 0 Å². The van der Waals surface area contributed by atoms with Crippen LogP contribution in [0.25, 0.3) is 0 Å². The summed E-state index contributed by atoms with van der Waals surface area (Å²) in [6.07, 6.45) is 0. The molecule has 1 saturated carbocycles. The van der Waals surface area contributed by atoms with Crippen LogP contribution in [0.5, 0.6) is 5.75 Å². The molecule has 4 nitrogen and oxygen atoms in total. The molecule has 17 heteroatoms. The van der Waals surface area contributed by atoms with Gasteiger partial charge >= 0.3 is 44.7 Å². The summed E-state index contributed by atoms with van der Waals surface area (Å²) >= 11 is 0. The monoisotopic (exact) mass is 640 g/mol. The summed E-state index contributed by atoms with van der Waals surface area (Å²) in [4.78, 5) is -1.29. The zero-order valence-electron chi connectivity index (χ0n) is 19.7. The molecule has 3 aromatic carbocycles. The van der Waals surface area contributed by atoms with Crippen LogP contribution in [0.2, 0.25) is 0 Å². The standard InChI is InChI=1S/C24H15F11O4S2/c25-19(26)20(27,28)22(31,32)24(35,23(33,34)21(19,29)30)41(37,38)39-40(16-7-3-1-4-8-16,17-9-5-2-6-10-17)18-13-11-15(36)12-14-18/h1-14,36H. The van der Waals surface area contributed by atoms with Gasteiger partial charge in [-0.25, -0.2) is 8.02 Å². The van der Waals surface area contributed by atoms with Gasteiger partial charge in [0.25, 0.3) is 0 Å². The van der Waals surface area contributed by atoms with Gasteiger partial charge in [0.2, 0.25) is 0 Å². The van der Waals surface area contributed by atoms with Crippen molar-refractivity contribution in [3.8, 4) is 5.75 Å². The molecule has 0 aliphatic heterocycles. The minimum absolute atomic E-state index is 0.407. The van der Waals surface area contributed by atoms with Gasteiger partial charge in [-0.15, -0.1) is 0 Å². The maximum atomic E-state index is 15.8. The van der Waals surface area contributed by atoms with Gasteiger partial charge in [-0.05, 0) is 58.8 Å². The van der Waals surface area contributed by atoms with Gasteiger partial charge in [-0.1, -0.05) is 36.4 Å². The van der Waals surface area contributed by atoms with E-state index in [0.29, 0.717) is 0 Å². The Hall–Kier alpha value is -3.05. The molecule has 0 heterocycles. The van der Waals surface area contributed by atoms with Crippen molar-refractivity contribution in [2.45, 2.75) is 49.3 Å². The van der Waals surface area contributed by atoms with Gasteiger partial charge in [0, 0.05) is 14.7 Å². The second kappa shape index (κ2) is 9.22. The molecule has 41 heavy (non-hydrogen) atoms. The fourth-order valence-electron chi connectivity index (χ4n) is 4.08. The second-order valence-corrected chi connectivity index (χ2v) is 13.2. The molecule has 1 N–H and O–H groups in total. The lowest BCUT2D eigenvalue weighted by molar-refractivity contribution is -0.470. The molecular weight excluding hydrogens is 625 g/mol. The number of hydrogen-bond donors (Lipinski definition) is 1. The van der Waals surface area contributed by atoms with E-state index in [2.05, 4.69) is 0 Å². The number of alkyl halides is 11. The predicted molar refractivity (Wildman–Crippen MR) is 122 cm³/mol. The van der Waals surface area contributed by atoms with Gasteiger partial charge in [0.15, 0.2) is 0 Å². The first kappa shape index (κ1) is 30.9. The third-order valence-electron chi connectivity index (χ3n) is 6.24. The van der Waals surface area contributed by atoms with Crippen molar-refractivity contribution in [1.82, 2.24) is 0 Å². The Labute approximate surface area is 226 Å². The predicted octanol–water partition coefficient (Wildman–Crippen LogP) is 7.79. The van der Waals surface area contributed by atoms with Crippen LogP contribution < -0.4 is 0 Å². The number of hydrogen-bond acceptors (Lipinski definition) is 4. The minimum Gasteiger partial charge on any atom is -0.508 e. The van der Waals surface area contributed by atoms with E-state index in [-0.39, 0.29) is 0 Å². The number of phenolic OH excluding ortho intramolecular Hbond substituents is 1. The van der Waals surface area contributed by atoms with Gasteiger partial charge in [0.1, 0.15) is 5.75 Å². The van der Waals surface area contributed by atoms with Crippen molar-refractivity contribution >= 4 is 20.4 Å². The van der Waals surface area contributed by atoms with Crippen LogP contribution in [0.1, 0.15) is 0 Å². The van der Waals surface area contributed by atoms with Crippen molar-refractivity contribution in [3.05, 3.63) is 84.9 Å². The summed E-state index contributed by atoms with van der Waals surface area (Å²) in [6, 6.07) is 15.0. The third kappa shape index (κ3) is 3.73. The molecule has 1 aliphatic carbocycles. The Morgan fingerprint density at radius 3 is 1.17 bits per heavy atom. The highest BCUT2D eigenvalue weighted by Gasteiger charge is 3.04. The topological polar surface area (TPSA) is 63.6 Å². The lowest BCUT2D eigenvalue weighted by atomic mass is 9.81. The van der Waals surface area contributed by atoms with E-state index in [1.165, 1.54) is 36.4 Å². The molecule has 0 aromatic heterocycles. The molecule has 0 saturated heterocycles. The molecule has 1 aliphatic rings. The molecule has 0 bridgehead atoms. The number of benzene rings is 3. The van der Waals surface area contributed by atoms with E-state index in [9.17, 15) is 57.4 Å². The van der Waals surface area contributed by atoms with Crippen LogP contribution in [0, 0.1) is 0 Å². The highest BCUT2D eigenvalue weighted by Crippen LogP contribution is 2.75. The highest BCUT2D eigenvalue weighted by atomic mass is 32.3. The summed E-state index contributed by atoms with van der Waals surface area (Å²) < 4.78 is 190. The highest BCUT2D eigenvalue weighted by molar-refractivity contribution is 8.33. The van der Waals surface area contributed by atoms with E-state index >= 15 is 4.39 Å². The second-order valence-electron chi connectivity index (χ2n) is 8.67. The van der Waals surface area contributed by atoms with Crippen LogP contribution in [0.3, 0.4) is 0 Å². The normalized spacial score (nSPS) is 22.5. The maximum absolute atomic E-state index is 15.8. The van der Waals surface area contributed by atoms with Crippen LogP contribution in [0.15, 0.2) is 99.6 Å². The van der Waals surface area contributed by atoms with Gasteiger partial charge in [-0.2, -0.15) is 52.3 Å². The molecule has 0 radical (unpaired) electrons. The minimum atomic E-state index is -7.79. The average Bonchev–Trinajstić information content (AvgIpc) is 2.91. The molecule has 0 spiro atoms. The van der Waals surface area contributed by atoms with E-state index in [1.54, 1.807) is 0 Å². The first-order chi connectivity index (χ1) is 18.7. The summed E-state index contributed by atoms with van der Waals surface area (Å²) in [7, 11) is -12.2. The van der Waals surface area contributed by atoms with Crippen LogP contribution >= 0.6 is 10.3 Å². The quantitative estimate of drug-likeness (QED) is 0.280. The van der Waals surface area contributed by atoms with Crippen LogP contribution in [-0.2, 0) is 13.7 Å². The molecule has 0 unspecified atom stereocenters. The molecule has 0 amide bonds. The van der Waals surface area contributed by atoms with Crippen LogP contribution in [0.4, 0.5) is 48.3 Å². The van der Waals surface area contributed by atoms with E-state index in [0.717, 1.165) is 48.5 Å². The lowest BCUT2D eigenvalue weighted by Gasteiger charge is -2.52. The van der Waals surface area contributed by atoms with Crippen LogP contribution in [-0.4, -0.2) is 48.1 Å². The van der Waals surface area contributed by atoms with E-state index in [4.69, 9.17) is 3.63 Å². The summed E-state index contributed by atoms with van der Waals surface area (Å²) in [5.74, 6) is -38.8. The first-order valence-corrected chi connectivity index (χ1v) is 13.9. The fraction of sp³-hybridized carbons (Fsp3) is 0.250. The molecular formula is C24H15F11O4S2. The number of rotatable bonds is 6. The van der Waals surface area contributed by atoms with E-state index < -0.39 is 75.5 Å². The summed E-state index contributed by atoms with van der Waals surface area (Å²) in [5, 5.41) is 2.25. The Morgan fingerprint density at radius 2 is 0.805 bits per heavy atom. The zero-order valence-corrected chi connectivity index (χ0v) is 21.4. The van der Waals surface area contributed by atoms with Gasteiger partial charge < -0.3 is 5.11 Å². The average molecular weight is 640 g/mol. The Morgan fingerprint density at radius 1 is 0.488 bits per heavy atom. The van der Waals surface area contributed by atoms with Crippen molar-refractivity contribution in [2.24, 2.45) is 0 Å². The lowest BCUT2D eigenvalue weighted by Crippen LogP contribution is -2.85. The SMILES string of the molecule is O=S(=O)(OS(c1ccccc1)(c1ccccc1)c1ccc(O)cc1)C1(F)C(F)(F)C(F)(F)C(F)(F)C(F)(F)C1(F)F. The molecule has 1 fully saturated rings. The van der Waals surface area contributed by atoms with Gasteiger partial charge in [-0.3, -0.25) is 0 Å². The summed E-state index contributed by atoms with van der Waals surface area (Å²) in [6.45, 7) is 0. The Balaban J connectivity index is 2.11. The molecule has 3 aromatic rings. The van der Waals surface area contributed by atoms with Crippen molar-refractivity contribution in [1.29, 1.82) is 0 Å². The maximum Gasteiger partial charge on any atom is 0.384 e. The Kier molecular flexibility index (Phi) is 6.95. The fourth-order valence-corrected chi connectivity index (χ4v) is 9.77. The number of phenols is 1. The first-order valence-electron chi connectivity index (χ1n) is 10.9. The molecule has 224 valence electrons. The van der Waals surface area contributed by atoms with Gasteiger partial charge in [0.05, 0.1) is 0 Å².